The number of nitrogens with one attached hydrogen (secondary N) is 1. The smallest absolute Gasteiger partial charge is 0.265 e. The number of hydrogen-bond donors (Lipinski definition) is 1. The van der Waals surface area contributed by atoms with E-state index in [9.17, 15) is 9.18 Å². The highest BCUT2D eigenvalue weighted by Gasteiger charge is 2.13. The van der Waals surface area contributed by atoms with E-state index < -0.39 is 5.82 Å². The third kappa shape index (κ3) is 3.38. The number of carbonyl (C=O) groups is 1. The minimum Gasteiger partial charge on any atom is -0.321 e. The maximum atomic E-state index is 13.1. The predicted molar refractivity (Wildman–Crippen MR) is 82.4 cm³/mol. The Kier molecular flexibility index (Phi) is 4.78. The molecule has 0 fully saturated rings. The summed E-state index contributed by atoms with van der Waals surface area (Å²) in [5.41, 5.74) is 1.70. The number of anilines is 1. The number of thiophene rings is 1. The molecule has 5 heteroatoms. The van der Waals surface area contributed by atoms with Crippen LogP contribution in [-0.2, 0) is 6.42 Å². The molecule has 0 spiro atoms. The Labute approximate surface area is 126 Å². The quantitative estimate of drug-likeness (QED) is 0.840. The SMILES string of the molecule is CCCc1cc(C(=O)Nc2ccc(F)c(Cl)c2)sc1C. The Morgan fingerprint density at radius 2 is 2.15 bits per heavy atom. The molecule has 0 radical (unpaired) electrons. The van der Waals surface area contributed by atoms with Gasteiger partial charge in [0.05, 0.1) is 9.90 Å². The van der Waals surface area contributed by atoms with E-state index in [2.05, 4.69) is 12.2 Å². The molecule has 0 aliphatic carbocycles. The van der Waals surface area contributed by atoms with Crippen LogP contribution in [0.2, 0.25) is 5.02 Å². The van der Waals surface area contributed by atoms with Gasteiger partial charge in [0.1, 0.15) is 5.82 Å². The molecule has 1 heterocycles. The van der Waals surface area contributed by atoms with Crippen molar-refractivity contribution in [3.8, 4) is 0 Å². The van der Waals surface area contributed by atoms with Crippen LogP contribution in [0.3, 0.4) is 0 Å². The lowest BCUT2D eigenvalue weighted by atomic mass is 10.1. The molecule has 0 aliphatic rings. The van der Waals surface area contributed by atoms with Gasteiger partial charge in [-0.05, 0) is 43.2 Å². The van der Waals surface area contributed by atoms with Crippen molar-refractivity contribution in [1.82, 2.24) is 0 Å². The zero-order valence-electron chi connectivity index (χ0n) is 11.3. The molecule has 20 heavy (non-hydrogen) atoms. The topological polar surface area (TPSA) is 29.1 Å². The minimum absolute atomic E-state index is 0.00293. The molecule has 0 aliphatic heterocycles. The number of rotatable bonds is 4. The van der Waals surface area contributed by atoms with Gasteiger partial charge in [-0.15, -0.1) is 11.3 Å². The van der Waals surface area contributed by atoms with Gasteiger partial charge in [-0.3, -0.25) is 4.79 Å². The van der Waals surface area contributed by atoms with Crippen molar-refractivity contribution in [2.45, 2.75) is 26.7 Å². The molecule has 0 unspecified atom stereocenters. The molecule has 1 N–H and O–H groups in total. The molecule has 106 valence electrons. The number of carbonyl (C=O) groups excluding carboxylic acids is 1. The van der Waals surface area contributed by atoms with Crippen LogP contribution in [-0.4, -0.2) is 5.91 Å². The molecular weight excluding hydrogens is 297 g/mol. The standard InChI is InChI=1S/C15H15ClFNOS/c1-3-4-10-7-14(20-9(10)2)15(19)18-11-5-6-13(17)12(16)8-11/h5-8H,3-4H2,1-2H3,(H,18,19). The summed E-state index contributed by atoms with van der Waals surface area (Å²) in [5, 5.41) is 2.73. The number of halogens is 2. The first-order chi connectivity index (χ1) is 9.51. The van der Waals surface area contributed by atoms with Crippen molar-refractivity contribution in [1.29, 1.82) is 0 Å². The highest BCUT2D eigenvalue weighted by Crippen LogP contribution is 2.25. The molecule has 2 rings (SSSR count). The van der Waals surface area contributed by atoms with Crippen molar-refractivity contribution in [2.75, 3.05) is 5.32 Å². The Balaban J connectivity index is 2.15. The summed E-state index contributed by atoms with van der Waals surface area (Å²) in [6, 6.07) is 6.05. The Bertz CT molecular complexity index is 639. The van der Waals surface area contributed by atoms with Gasteiger partial charge in [0.15, 0.2) is 0 Å². The highest BCUT2D eigenvalue weighted by atomic mass is 35.5. The number of aryl methyl sites for hydroxylation is 2. The van der Waals surface area contributed by atoms with Gasteiger partial charge < -0.3 is 5.32 Å². The fourth-order valence-corrected chi connectivity index (χ4v) is 3.06. The van der Waals surface area contributed by atoms with Crippen molar-refractivity contribution in [3.63, 3.8) is 0 Å². The van der Waals surface area contributed by atoms with Crippen LogP contribution >= 0.6 is 22.9 Å². The van der Waals surface area contributed by atoms with Gasteiger partial charge in [-0.25, -0.2) is 4.39 Å². The Morgan fingerprint density at radius 3 is 2.80 bits per heavy atom. The molecule has 1 amide bonds. The number of amides is 1. The largest absolute Gasteiger partial charge is 0.321 e. The molecule has 1 aromatic carbocycles. The van der Waals surface area contributed by atoms with E-state index in [1.165, 1.54) is 35.1 Å². The lowest BCUT2D eigenvalue weighted by Gasteiger charge is -2.04. The van der Waals surface area contributed by atoms with Gasteiger partial charge in [-0.2, -0.15) is 0 Å². The number of hydrogen-bond acceptors (Lipinski definition) is 2. The summed E-state index contributed by atoms with van der Waals surface area (Å²) in [6.07, 6.45) is 2.02. The van der Waals surface area contributed by atoms with Gasteiger partial charge in [-0.1, -0.05) is 24.9 Å². The monoisotopic (exact) mass is 311 g/mol. The summed E-state index contributed by atoms with van der Waals surface area (Å²) in [5.74, 6) is -0.690. The van der Waals surface area contributed by atoms with Crippen LogP contribution in [0.4, 0.5) is 10.1 Å². The van der Waals surface area contributed by atoms with Crippen molar-refractivity contribution in [2.24, 2.45) is 0 Å². The molecule has 0 saturated carbocycles. The van der Waals surface area contributed by atoms with E-state index in [-0.39, 0.29) is 10.9 Å². The summed E-state index contributed by atoms with van der Waals surface area (Å²) in [6.45, 7) is 4.12. The van der Waals surface area contributed by atoms with Crippen molar-refractivity contribution >= 4 is 34.5 Å². The third-order valence-corrected chi connectivity index (χ3v) is 4.32. The summed E-state index contributed by atoms with van der Waals surface area (Å²) in [7, 11) is 0. The maximum Gasteiger partial charge on any atom is 0.265 e. The first kappa shape index (κ1) is 15.0. The lowest BCUT2D eigenvalue weighted by Crippen LogP contribution is -2.10. The van der Waals surface area contributed by atoms with Gasteiger partial charge in [0.25, 0.3) is 5.91 Å². The average Bonchev–Trinajstić information content (AvgIpc) is 2.76. The van der Waals surface area contributed by atoms with Crippen LogP contribution < -0.4 is 5.32 Å². The Hall–Kier alpha value is -1.39. The fraction of sp³-hybridized carbons (Fsp3) is 0.267. The first-order valence-electron chi connectivity index (χ1n) is 6.37. The lowest BCUT2D eigenvalue weighted by molar-refractivity contribution is 0.103. The Morgan fingerprint density at radius 1 is 1.40 bits per heavy atom. The minimum atomic E-state index is -0.498. The molecule has 2 nitrogen and oxygen atoms in total. The molecule has 2 aromatic rings. The third-order valence-electron chi connectivity index (χ3n) is 2.94. The zero-order valence-corrected chi connectivity index (χ0v) is 12.9. The van der Waals surface area contributed by atoms with Crippen LogP contribution in [0.15, 0.2) is 24.3 Å². The second-order valence-corrected chi connectivity index (χ2v) is 6.19. The van der Waals surface area contributed by atoms with Crippen molar-refractivity contribution < 1.29 is 9.18 Å². The van der Waals surface area contributed by atoms with E-state index >= 15 is 0 Å². The van der Waals surface area contributed by atoms with E-state index in [1.54, 1.807) is 0 Å². The molecule has 0 atom stereocenters. The second-order valence-electron chi connectivity index (χ2n) is 4.53. The van der Waals surface area contributed by atoms with E-state index in [4.69, 9.17) is 11.6 Å². The van der Waals surface area contributed by atoms with E-state index in [1.807, 2.05) is 13.0 Å². The summed E-state index contributed by atoms with van der Waals surface area (Å²) >= 11 is 7.16. The molecule has 0 bridgehead atoms. The van der Waals surface area contributed by atoms with Crippen LogP contribution in [0.5, 0.6) is 0 Å². The molecular formula is C15H15ClFNOS. The van der Waals surface area contributed by atoms with Crippen LogP contribution in [0.1, 0.15) is 33.5 Å². The number of benzene rings is 1. The van der Waals surface area contributed by atoms with Gasteiger partial charge in [0.2, 0.25) is 0 Å². The summed E-state index contributed by atoms with van der Waals surface area (Å²) < 4.78 is 13.1. The highest BCUT2D eigenvalue weighted by molar-refractivity contribution is 7.14. The summed E-state index contributed by atoms with van der Waals surface area (Å²) in [4.78, 5) is 14.0. The fourth-order valence-electron chi connectivity index (χ4n) is 1.92. The first-order valence-corrected chi connectivity index (χ1v) is 7.56. The predicted octanol–water partition coefficient (Wildman–Crippen LogP) is 5.05. The maximum absolute atomic E-state index is 13.1. The van der Waals surface area contributed by atoms with E-state index in [0.29, 0.717) is 10.6 Å². The van der Waals surface area contributed by atoms with Gasteiger partial charge >= 0.3 is 0 Å². The van der Waals surface area contributed by atoms with Gasteiger partial charge in [0, 0.05) is 10.6 Å². The van der Waals surface area contributed by atoms with Crippen LogP contribution in [0, 0.1) is 12.7 Å². The van der Waals surface area contributed by atoms with Crippen molar-refractivity contribution in [3.05, 3.63) is 50.4 Å². The molecule has 1 aromatic heterocycles. The van der Waals surface area contributed by atoms with Crippen LogP contribution in [0.25, 0.3) is 0 Å². The normalized spacial score (nSPS) is 10.6. The molecule has 0 saturated heterocycles. The average molecular weight is 312 g/mol. The van der Waals surface area contributed by atoms with E-state index in [0.717, 1.165) is 17.7 Å². The second kappa shape index (κ2) is 6.37. The zero-order chi connectivity index (χ0) is 14.7.